The Kier molecular flexibility index (Phi) is 2.17. The van der Waals surface area contributed by atoms with Crippen molar-refractivity contribution in [3.05, 3.63) is 29.8 Å². The standard InChI is InChI=1S/C13H18N2/c14-8-11-7-12(11)9-15-6-5-10-3-1-2-4-13(10)15/h1-4,11-12H,5-9,14H2. The minimum absolute atomic E-state index is 0.803. The molecule has 0 radical (unpaired) electrons. The summed E-state index contributed by atoms with van der Waals surface area (Å²) in [5, 5.41) is 0. The molecule has 0 spiro atoms. The van der Waals surface area contributed by atoms with E-state index in [2.05, 4.69) is 29.2 Å². The Morgan fingerprint density at radius 2 is 2.13 bits per heavy atom. The fourth-order valence-electron chi connectivity index (χ4n) is 2.70. The lowest BCUT2D eigenvalue weighted by Crippen LogP contribution is -2.24. The molecule has 1 saturated carbocycles. The van der Waals surface area contributed by atoms with Crippen LogP contribution in [0.5, 0.6) is 0 Å². The van der Waals surface area contributed by atoms with Crippen LogP contribution in [0, 0.1) is 11.8 Å². The van der Waals surface area contributed by atoms with E-state index in [1.807, 2.05) is 0 Å². The molecule has 2 unspecified atom stereocenters. The minimum Gasteiger partial charge on any atom is -0.371 e. The summed E-state index contributed by atoms with van der Waals surface area (Å²) in [7, 11) is 0. The summed E-state index contributed by atoms with van der Waals surface area (Å²) < 4.78 is 0. The van der Waals surface area contributed by atoms with Gasteiger partial charge in [-0.05, 0) is 42.9 Å². The van der Waals surface area contributed by atoms with E-state index < -0.39 is 0 Å². The Hall–Kier alpha value is -1.02. The molecule has 1 heterocycles. The van der Waals surface area contributed by atoms with Crippen molar-refractivity contribution in [2.45, 2.75) is 12.8 Å². The Bertz CT molecular complexity index is 361. The van der Waals surface area contributed by atoms with Crippen LogP contribution in [0.15, 0.2) is 24.3 Å². The summed E-state index contributed by atoms with van der Waals surface area (Å²) in [5.74, 6) is 1.67. The van der Waals surface area contributed by atoms with Gasteiger partial charge in [0.2, 0.25) is 0 Å². The summed E-state index contributed by atoms with van der Waals surface area (Å²) in [5.41, 5.74) is 8.65. The van der Waals surface area contributed by atoms with E-state index in [1.54, 1.807) is 0 Å². The highest BCUT2D eigenvalue weighted by atomic mass is 15.2. The molecule has 1 aromatic carbocycles. The zero-order chi connectivity index (χ0) is 10.3. The first kappa shape index (κ1) is 9.22. The zero-order valence-corrected chi connectivity index (χ0v) is 9.02. The van der Waals surface area contributed by atoms with Crippen LogP contribution < -0.4 is 10.6 Å². The van der Waals surface area contributed by atoms with Gasteiger partial charge in [-0.2, -0.15) is 0 Å². The van der Waals surface area contributed by atoms with E-state index >= 15 is 0 Å². The van der Waals surface area contributed by atoms with Crippen LogP contribution in [0.4, 0.5) is 5.69 Å². The van der Waals surface area contributed by atoms with Gasteiger partial charge in [0.05, 0.1) is 0 Å². The number of nitrogens with two attached hydrogens (primary N) is 1. The molecule has 1 fully saturated rings. The average molecular weight is 202 g/mol. The van der Waals surface area contributed by atoms with Gasteiger partial charge >= 0.3 is 0 Å². The quantitative estimate of drug-likeness (QED) is 0.807. The van der Waals surface area contributed by atoms with E-state index in [4.69, 9.17) is 5.73 Å². The van der Waals surface area contributed by atoms with Gasteiger partial charge in [0.15, 0.2) is 0 Å². The molecular weight excluding hydrogens is 184 g/mol. The van der Waals surface area contributed by atoms with Crippen molar-refractivity contribution in [3.63, 3.8) is 0 Å². The maximum Gasteiger partial charge on any atom is 0.0399 e. The monoisotopic (exact) mass is 202 g/mol. The maximum atomic E-state index is 5.67. The fourth-order valence-corrected chi connectivity index (χ4v) is 2.70. The van der Waals surface area contributed by atoms with Crippen LogP contribution >= 0.6 is 0 Å². The fraction of sp³-hybridized carbons (Fsp3) is 0.538. The van der Waals surface area contributed by atoms with Crippen molar-refractivity contribution < 1.29 is 0 Å². The SMILES string of the molecule is NCC1CC1CN1CCc2ccccc21. The van der Waals surface area contributed by atoms with Crippen LogP contribution in [0.2, 0.25) is 0 Å². The molecule has 2 aliphatic rings. The Labute approximate surface area is 91.1 Å². The van der Waals surface area contributed by atoms with Gasteiger partial charge in [-0.3, -0.25) is 0 Å². The van der Waals surface area contributed by atoms with Crippen molar-refractivity contribution in [3.8, 4) is 0 Å². The van der Waals surface area contributed by atoms with Crippen molar-refractivity contribution in [1.29, 1.82) is 0 Å². The summed E-state index contributed by atoms with van der Waals surface area (Å²) in [6.45, 7) is 3.30. The third-order valence-electron chi connectivity index (χ3n) is 3.81. The highest BCUT2D eigenvalue weighted by Gasteiger charge is 2.37. The van der Waals surface area contributed by atoms with Gasteiger partial charge in [0.1, 0.15) is 0 Å². The van der Waals surface area contributed by atoms with Gasteiger partial charge in [-0.1, -0.05) is 18.2 Å². The van der Waals surface area contributed by atoms with E-state index in [9.17, 15) is 0 Å². The molecule has 1 aliphatic heterocycles. The predicted molar refractivity (Wildman–Crippen MR) is 63.0 cm³/mol. The third-order valence-corrected chi connectivity index (χ3v) is 3.81. The zero-order valence-electron chi connectivity index (χ0n) is 9.02. The molecule has 80 valence electrons. The molecule has 2 N–H and O–H groups in total. The lowest BCUT2D eigenvalue weighted by Gasteiger charge is -2.19. The number of para-hydroxylation sites is 1. The van der Waals surface area contributed by atoms with Crippen LogP contribution in [-0.4, -0.2) is 19.6 Å². The molecule has 2 atom stereocenters. The summed E-state index contributed by atoms with van der Waals surface area (Å²) in [6, 6.07) is 8.79. The van der Waals surface area contributed by atoms with Gasteiger partial charge in [0.25, 0.3) is 0 Å². The van der Waals surface area contributed by atoms with Crippen molar-refractivity contribution >= 4 is 5.69 Å². The van der Waals surface area contributed by atoms with Gasteiger partial charge in [-0.15, -0.1) is 0 Å². The smallest absolute Gasteiger partial charge is 0.0399 e. The first-order valence-corrected chi connectivity index (χ1v) is 5.91. The molecule has 2 nitrogen and oxygen atoms in total. The van der Waals surface area contributed by atoms with Crippen LogP contribution in [0.1, 0.15) is 12.0 Å². The lowest BCUT2D eigenvalue weighted by atomic mass is 10.2. The molecule has 0 amide bonds. The largest absolute Gasteiger partial charge is 0.371 e. The molecule has 1 aliphatic carbocycles. The predicted octanol–water partition coefficient (Wildman–Crippen LogP) is 1.64. The molecular formula is C13H18N2. The Morgan fingerprint density at radius 3 is 2.93 bits per heavy atom. The lowest BCUT2D eigenvalue weighted by molar-refractivity contribution is 0.675. The normalized spacial score (nSPS) is 27.9. The second kappa shape index (κ2) is 3.53. The number of hydrogen-bond donors (Lipinski definition) is 1. The molecule has 2 heteroatoms. The molecule has 0 aromatic heterocycles. The summed E-state index contributed by atoms with van der Waals surface area (Å²) >= 11 is 0. The first-order valence-electron chi connectivity index (χ1n) is 5.91. The van der Waals surface area contributed by atoms with Crippen LogP contribution in [0.25, 0.3) is 0 Å². The number of nitrogens with zero attached hydrogens (tertiary/aromatic N) is 1. The van der Waals surface area contributed by atoms with Crippen molar-refractivity contribution in [2.24, 2.45) is 17.6 Å². The Morgan fingerprint density at radius 1 is 1.27 bits per heavy atom. The Balaban J connectivity index is 1.69. The van der Waals surface area contributed by atoms with E-state index in [1.165, 1.54) is 37.2 Å². The van der Waals surface area contributed by atoms with Crippen LogP contribution in [0.3, 0.4) is 0 Å². The third kappa shape index (κ3) is 1.63. The first-order chi connectivity index (χ1) is 7.38. The van der Waals surface area contributed by atoms with Gasteiger partial charge in [0, 0.05) is 18.8 Å². The van der Waals surface area contributed by atoms with E-state index in [0.29, 0.717) is 0 Å². The second-order valence-corrected chi connectivity index (χ2v) is 4.82. The number of fused-ring (bicyclic) bond motifs is 1. The second-order valence-electron chi connectivity index (χ2n) is 4.82. The van der Waals surface area contributed by atoms with Gasteiger partial charge < -0.3 is 10.6 Å². The molecule has 3 rings (SSSR count). The summed E-state index contributed by atoms with van der Waals surface area (Å²) in [6.07, 6.45) is 2.56. The van der Waals surface area contributed by atoms with E-state index in [-0.39, 0.29) is 0 Å². The van der Waals surface area contributed by atoms with Crippen molar-refractivity contribution in [1.82, 2.24) is 0 Å². The number of benzene rings is 1. The molecule has 15 heavy (non-hydrogen) atoms. The molecule has 0 bridgehead atoms. The average Bonchev–Trinajstić information content (AvgIpc) is 2.91. The molecule has 0 saturated heterocycles. The molecule has 1 aromatic rings. The number of hydrogen-bond acceptors (Lipinski definition) is 2. The highest BCUT2D eigenvalue weighted by Crippen LogP contribution is 2.40. The van der Waals surface area contributed by atoms with E-state index in [0.717, 1.165) is 18.4 Å². The summed E-state index contributed by atoms with van der Waals surface area (Å²) in [4.78, 5) is 2.54. The van der Waals surface area contributed by atoms with Crippen LogP contribution in [-0.2, 0) is 6.42 Å². The number of anilines is 1. The number of rotatable bonds is 3. The topological polar surface area (TPSA) is 29.3 Å². The highest BCUT2D eigenvalue weighted by molar-refractivity contribution is 5.57. The maximum absolute atomic E-state index is 5.67. The van der Waals surface area contributed by atoms with Gasteiger partial charge in [-0.25, -0.2) is 0 Å². The minimum atomic E-state index is 0.803. The van der Waals surface area contributed by atoms with Crippen molar-refractivity contribution in [2.75, 3.05) is 24.5 Å².